The minimum absolute atomic E-state index is 0.0487. The zero-order valence-corrected chi connectivity index (χ0v) is 11.7. The van der Waals surface area contributed by atoms with Crippen LogP contribution in [0.1, 0.15) is 40.0 Å². The zero-order chi connectivity index (χ0) is 12.1. The third kappa shape index (κ3) is 2.03. The molecule has 0 N–H and O–H groups in total. The van der Waals surface area contributed by atoms with Crippen molar-refractivity contribution in [3.8, 4) is 0 Å². The predicted octanol–water partition coefficient (Wildman–Crippen LogP) is 3.05. The normalized spacial score (nSPS) is 43.0. The van der Waals surface area contributed by atoms with Gasteiger partial charge in [-0.05, 0) is 24.2 Å². The van der Waals surface area contributed by atoms with Crippen molar-refractivity contribution >= 4 is 25.1 Å². The van der Waals surface area contributed by atoms with Crippen molar-refractivity contribution in [2.75, 3.05) is 13.6 Å². The van der Waals surface area contributed by atoms with Crippen molar-refractivity contribution in [2.24, 2.45) is 17.3 Å². The first-order chi connectivity index (χ1) is 7.23. The predicted molar refractivity (Wildman–Crippen MR) is 74.0 cm³/mol. The van der Waals surface area contributed by atoms with Crippen LogP contribution in [-0.4, -0.2) is 31.3 Å². The summed E-state index contributed by atoms with van der Waals surface area (Å²) in [6, 6.07) is 0. The van der Waals surface area contributed by atoms with E-state index in [-0.39, 0.29) is 5.31 Å². The van der Waals surface area contributed by atoms with Crippen LogP contribution >= 0.6 is 12.2 Å². The molecule has 1 aliphatic heterocycles. The van der Waals surface area contributed by atoms with E-state index in [1.807, 2.05) is 0 Å². The average molecular weight is 235 g/mol. The van der Waals surface area contributed by atoms with Crippen LogP contribution in [0.25, 0.3) is 0 Å². The van der Waals surface area contributed by atoms with E-state index in [0.717, 1.165) is 30.3 Å². The van der Waals surface area contributed by atoms with Gasteiger partial charge in [0.05, 0.1) is 12.8 Å². The Morgan fingerprint density at radius 2 is 2.00 bits per heavy atom. The van der Waals surface area contributed by atoms with Crippen LogP contribution in [0.3, 0.4) is 0 Å². The molecule has 0 aromatic rings. The highest BCUT2D eigenvalue weighted by molar-refractivity contribution is 7.80. The summed E-state index contributed by atoms with van der Waals surface area (Å²) in [6.45, 7) is 8.03. The van der Waals surface area contributed by atoms with Gasteiger partial charge in [0.15, 0.2) is 0 Å². The Balaban J connectivity index is 2.29. The first-order valence-corrected chi connectivity index (χ1v) is 6.68. The number of likely N-dealkylation sites (tertiary alicyclic amines) is 1. The van der Waals surface area contributed by atoms with E-state index in [1.54, 1.807) is 0 Å². The lowest BCUT2D eigenvalue weighted by Gasteiger charge is -2.55. The maximum atomic E-state index is 6.39. The Labute approximate surface area is 106 Å². The second-order valence-electron chi connectivity index (χ2n) is 6.78. The molecule has 1 saturated heterocycles. The van der Waals surface area contributed by atoms with Gasteiger partial charge in [-0.3, -0.25) is 0 Å². The third-order valence-corrected chi connectivity index (χ3v) is 5.12. The highest BCUT2D eigenvalue weighted by Gasteiger charge is 2.48. The number of thiocarbonyl (C=S) groups is 1. The van der Waals surface area contributed by atoms with Crippen molar-refractivity contribution < 1.29 is 0 Å². The molecule has 0 spiro atoms. The second-order valence-corrected chi connectivity index (χ2v) is 7.20. The van der Waals surface area contributed by atoms with Crippen LogP contribution in [0.4, 0.5) is 0 Å². The maximum Gasteiger partial charge on any atom is 0.0811 e. The molecule has 3 unspecified atom stereocenters. The van der Waals surface area contributed by atoms with Gasteiger partial charge >= 0.3 is 0 Å². The Morgan fingerprint density at radius 1 is 1.38 bits per heavy atom. The van der Waals surface area contributed by atoms with Gasteiger partial charge < -0.3 is 4.90 Å². The van der Waals surface area contributed by atoms with Crippen LogP contribution in [0.2, 0.25) is 5.31 Å². The summed E-state index contributed by atoms with van der Waals surface area (Å²) in [4.78, 5) is 3.38. The first kappa shape index (κ1) is 12.4. The molecular formula is C13H22BNS. The molecule has 3 atom stereocenters. The fourth-order valence-electron chi connectivity index (χ4n) is 4.01. The number of hydrogen-bond donors (Lipinski definition) is 0. The van der Waals surface area contributed by atoms with Gasteiger partial charge in [0.2, 0.25) is 0 Å². The summed E-state index contributed by atoms with van der Waals surface area (Å²) in [6.07, 6.45) is 3.45. The minimum Gasteiger partial charge on any atom is -0.369 e. The van der Waals surface area contributed by atoms with E-state index in [9.17, 15) is 0 Å². The number of fused-ring (bicyclic) bond motifs is 1. The van der Waals surface area contributed by atoms with E-state index in [4.69, 9.17) is 20.1 Å². The maximum absolute atomic E-state index is 6.39. The minimum atomic E-state index is -0.0487. The number of hydrogen-bond acceptors (Lipinski definition) is 1. The molecule has 0 aromatic carbocycles. The van der Waals surface area contributed by atoms with Crippen LogP contribution in [-0.2, 0) is 0 Å². The van der Waals surface area contributed by atoms with Crippen molar-refractivity contribution in [1.29, 1.82) is 0 Å². The number of rotatable bonds is 0. The number of piperidine rings is 1. The molecule has 88 valence electrons. The standard InChI is InChI=1S/C13H22BNS/c1-12(2)8-13(3,14)7-9-10(12)5-6-15(4)11(9)16/h9-10H,5-8H2,1-4H3. The van der Waals surface area contributed by atoms with E-state index in [1.165, 1.54) is 6.42 Å². The lowest BCUT2D eigenvalue weighted by Crippen LogP contribution is -2.51. The Hall–Kier alpha value is -0.0451. The molecule has 0 aromatic heterocycles. The number of nitrogens with zero attached hydrogens (tertiary/aromatic N) is 1. The fraction of sp³-hybridized carbons (Fsp3) is 0.923. The van der Waals surface area contributed by atoms with Crippen LogP contribution in [0, 0.1) is 17.3 Å². The molecule has 0 amide bonds. The van der Waals surface area contributed by atoms with Gasteiger partial charge in [0.1, 0.15) is 0 Å². The molecule has 16 heavy (non-hydrogen) atoms. The van der Waals surface area contributed by atoms with E-state index < -0.39 is 0 Å². The monoisotopic (exact) mass is 235 g/mol. The highest BCUT2D eigenvalue weighted by Crippen LogP contribution is 2.56. The summed E-state index contributed by atoms with van der Waals surface area (Å²) in [7, 11) is 8.51. The molecule has 2 aliphatic rings. The summed E-state index contributed by atoms with van der Waals surface area (Å²) in [5.41, 5.74) is 0.331. The smallest absolute Gasteiger partial charge is 0.0811 e. The van der Waals surface area contributed by atoms with Gasteiger partial charge in [-0.15, -0.1) is 0 Å². The van der Waals surface area contributed by atoms with E-state index in [2.05, 4.69) is 32.7 Å². The van der Waals surface area contributed by atoms with Gasteiger partial charge in [-0.25, -0.2) is 0 Å². The lowest BCUT2D eigenvalue weighted by molar-refractivity contribution is 0.0524. The van der Waals surface area contributed by atoms with Crippen molar-refractivity contribution in [3.05, 3.63) is 0 Å². The molecule has 3 heteroatoms. The average Bonchev–Trinajstić information content (AvgIpc) is 2.09. The topological polar surface area (TPSA) is 3.24 Å². The summed E-state index contributed by atoms with van der Waals surface area (Å²) in [5.74, 6) is 1.25. The lowest BCUT2D eigenvalue weighted by atomic mass is 9.48. The van der Waals surface area contributed by atoms with Crippen LogP contribution in [0.15, 0.2) is 0 Å². The Bertz CT molecular complexity index is 311. The molecule has 2 fully saturated rings. The van der Waals surface area contributed by atoms with E-state index in [0.29, 0.717) is 11.3 Å². The second kappa shape index (κ2) is 3.73. The fourth-order valence-corrected chi connectivity index (χ4v) is 4.35. The van der Waals surface area contributed by atoms with Gasteiger partial charge in [-0.2, -0.15) is 0 Å². The van der Waals surface area contributed by atoms with Crippen molar-refractivity contribution in [1.82, 2.24) is 4.90 Å². The quantitative estimate of drug-likeness (QED) is 0.469. The van der Waals surface area contributed by atoms with Crippen LogP contribution in [0.5, 0.6) is 0 Å². The summed E-state index contributed by atoms with van der Waals surface area (Å²) in [5, 5.41) is -0.0487. The molecule has 2 radical (unpaired) electrons. The SMILES string of the molecule is [B]C1(C)CC2C(=S)N(C)CCC2C(C)(C)C1. The van der Waals surface area contributed by atoms with Gasteiger partial charge in [0, 0.05) is 19.5 Å². The summed E-state index contributed by atoms with van der Waals surface area (Å²) >= 11 is 5.60. The zero-order valence-electron chi connectivity index (χ0n) is 10.9. The van der Waals surface area contributed by atoms with Gasteiger partial charge in [0.25, 0.3) is 0 Å². The molecule has 1 nitrogen and oxygen atoms in total. The summed E-state index contributed by atoms with van der Waals surface area (Å²) < 4.78 is 0. The van der Waals surface area contributed by atoms with Crippen molar-refractivity contribution in [3.63, 3.8) is 0 Å². The molecule has 1 saturated carbocycles. The molecule has 0 bridgehead atoms. The third-order valence-electron chi connectivity index (χ3n) is 4.50. The molecular weight excluding hydrogens is 213 g/mol. The largest absolute Gasteiger partial charge is 0.369 e. The molecule has 1 aliphatic carbocycles. The van der Waals surface area contributed by atoms with Crippen LogP contribution < -0.4 is 0 Å². The Kier molecular flexibility index (Phi) is 2.89. The molecule has 2 rings (SSSR count). The highest BCUT2D eigenvalue weighted by atomic mass is 32.1. The molecule has 1 heterocycles. The van der Waals surface area contributed by atoms with Crippen molar-refractivity contribution in [2.45, 2.75) is 45.3 Å². The van der Waals surface area contributed by atoms with E-state index >= 15 is 0 Å². The Morgan fingerprint density at radius 3 is 2.62 bits per heavy atom. The first-order valence-electron chi connectivity index (χ1n) is 6.27. The van der Waals surface area contributed by atoms with Gasteiger partial charge in [-0.1, -0.05) is 44.7 Å².